The topological polar surface area (TPSA) is 77.1 Å². The first kappa shape index (κ1) is 34.2. The fraction of sp³-hybridized carbons (Fsp3) is 0.639. The Kier molecular flexibility index (Phi) is 12.3. The molecule has 7 atom stereocenters. The molecule has 7 nitrogen and oxygen atoms in total. The number of rotatable bonds is 8. The zero-order valence-corrected chi connectivity index (χ0v) is 29.0. The highest BCUT2D eigenvalue weighted by molar-refractivity contribution is 7.84. The molecular formula is C36H51ClN2O5S. The van der Waals surface area contributed by atoms with Gasteiger partial charge in [-0.2, -0.15) is 0 Å². The third kappa shape index (κ3) is 8.43. The Hall–Kier alpha value is -2.13. The van der Waals surface area contributed by atoms with Crippen LogP contribution in [-0.2, 0) is 26.9 Å². The second-order valence-corrected chi connectivity index (χ2v) is 15.3. The normalized spacial score (nSPS) is 29.1. The van der Waals surface area contributed by atoms with E-state index in [0.717, 1.165) is 68.3 Å². The van der Waals surface area contributed by atoms with Gasteiger partial charge in [0.25, 0.3) is 5.91 Å². The molecule has 2 aromatic rings. The molecule has 45 heavy (non-hydrogen) atoms. The molecule has 2 aromatic carbocycles. The molecule has 2 aliphatic heterocycles. The van der Waals surface area contributed by atoms with E-state index in [1.807, 2.05) is 25.1 Å². The Morgan fingerprint density at radius 1 is 1.07 bits per heavy atom. The molecule has 0 spiro atoms. The predicted octanol–water partition coefficient (Wildman–Crippen LogP) is 7.18. The summed E-state index contributed by atoms with van der Waals surface area (Å²) in [6, 6.07) is 11.9. The van der Waals surface area contributed by atoms with E-state index in [9.17, 15) is 9.00 Å². The van der Waals surface area contributed by atoms with Gasteiger partial charge in [0.2, 0.25) is 0 Å². The smallest absolute Gasteiger partial charge is 0.263 e. The van der Waals surface area contributed by atoms with Crippen molar-refractivity contribution in [3.63, 3.8) is 0 Å². The monoisotopic (exact) mass is 658 g/mol. The summed E-state index contributed by atoms with van der Waals surface area (Å²) in [5, 5.41) is 0.616. The minimum Gasteiger partial charge on any atom is -0.491 e. The van der Waals surface area contributed by atoms with Crippen LogP contribution in [0.15, 0.2) is 36.4 Å². The number of hydrogen-bond donors (Lipinski definition) is 1. The van der Waals surface area contributed by atoms with Gasteiger partial charge in [0.05, 0.1) is 30.8 Å². The lowest BCUT2D eigenvalue weighted by Gasteiger charge is -2.45. The molecule has 3 aliphatic rings. The van der Waals surface area contributed by atoms with Gasteiger partial charge in [-0.3, -0.25) is 9.52 Å². The van der Waals surface area contributed by atoms with Crippen LogP contribution in [0.2, 0.25) is 5.02 Å². The molecule has 1 aliphatic carbocycles. The number of aryl methyl sites for hydroxylation is 1. The molecule has 7 unspecified atom stereocenters. The van der Waals surface area contributed by atoms with Crippen LogP contribution < -0.4 is 14.4 Å². The van der Waals surface area contributed by atoms with Crippen LogP contribution >= 0.6 is 11.6 Å². The Balaban J connectivity index is 1.49. The number of nitrogens with one attached hydrogen (secondary N) is 1. The number of benzene rings is 2. The van der Waals surface area contributed by atoms with Crippen molar-refractivity contribution >= 4 is 34.2 Å². The van der Waals surface area contributed by atoms with Crippen LogP contribution in [0.1, 0.15) is 86.7 Å². The molecule has 2 bridgehead atoms. The van der Waals surface area contributed by atoms with E-state index >= 15 is 0 Å². The summed E-state index contributed by atoms with van der Waals surface area (Å²) in [6.45, 7) is 10.5. The number of nitrogens with zero attached hydrogens (tertiary/aromatic N) is 1. The van der Waals surface area contributed by atoms with Gasteiger partial charge < -0.3 is 19.1 Å². The largest absolute Gasteiger partial charge is 0.491 e. The number of hydrogen-bond acceptors (Lipinski definition) is 6. The number of anilines is 1. The molecule has 1 N–H and O–H groups in total. The maximum Gasteiger partial charge on any atom is 0.263 e. The van der Waals surface area contributed by atoms with E-state index in [1.54, 1.807) is 13.2 Å². The highest BCUT2D eigenvalue weighted by Gasteiger charge is 2.39. The Bertz CT molecular complexity index is 1320. The van der Waals surface area contributed by atoms with Crippen LogP contribution in [0.4, 0.5) is 5.69 Å². The van der Waals surface area contributed by atoms with Gasteiger partial charge in [-0.05, 0) is 104 Å². The van der Waals surface area contributed by atoms with E-state index in [1.165, 1.54) is 24.0 Å². The highest BCUT2D eigenvalue weighted by atomic mass is 35.5. The van der Waals surface area contributed by atoms with Crippen molar-refractivity contribution in [3.8, 4) is 5.75 Å². The average Bonchev–Trinajstić information content (AvgIpc) is 3.19. The third-order valence-electron chi connectivity index (χ3n) is 10.4. The van der Waals surface area contributed by atoms with Gasteiger partial charge in [0.1, 0.15) is 16.7 Å². The second-order valence-electron chi connectivity index (χ2n) is 13.4. The highest BCUT2D eigenvalue weighted by Crippen LogP contribution is 2.45. The molecule has 1 saturated carbocycles. The number of carbonyl (C=O) groups excluding carboxylic acids is 1. The number of methoxy groups -OCH3 is 1. The van der Waals surface area contributed by atoms with Crippen LogP contribution in [0.25, 0.3) is 0 Å². The molecule has 0 aromatic heterocycles. The van der Waals surface area contributed by atoms with Crippen molar-refractivity contribution in [2.75, 3.05) is 51.5 Å². The summed E-state index contributed by atoms with van der Waals surface area (Å²) in [4.78, 5) is 15.9. The number of halogens is 1. The minimum absolute atomic E-state index is 0.146. The van der Waals surface area contributed by atoms with Crippen molar-refractivity contribution in [1.82, 2.24) is 4.72 Å². The first-order chi connectivity index (χ1) is 21.8. The van der Waals surface area contributed by atoms with Gasteiger partial charge in [-0.25, -0.2) is 4.21 Å². The van der Waals surface area contributed by atoms with Gasteiger partial charge in [-0.15, -0.1) is 0 Å². The second kappa shape index (κ2) is 16.1. The number of amides is 1. The molecule has 0 saturated heterocycles. The first-order valence-corrected chi connectivity index (χ1v) is 18.5. The summed E-state index contributed by atoms with van der Waals surface area (Å²) in [5.41, 5.74) is 4.01. The van der Waals surface area contributed by atoms with Crippen molar-refractivity contribution in [2.45, 2.75) is 76.9 Å². The maximum atomic E-state index is 13.4. The lowest BCUT2D eigenvalue weighted by molar-refractivity contribution is 0.00236. The van der Waals surface area contributed by atoms with Crippen LogP contribution in [-0.4, -0.2) is 62.0 Å². The lowest BCUT2D eigenvalue weighted by atomic mass is 9.65. The van der Waals surface area contributed by atoms with Gasteiger partial charge in [0.15, 0.2) is 0 Å². The van der Waals surface area contributed by atoms with Crippen molar-refractivity contribution < 1.29 is 23.2 Å². The van der Waals surface area contributed by atoms with E-state index in [-0.39, 0.29) is 23.0 Å². The molecule has 1 fully saturated rings. The fourth-order valence-corrected chi connectivity index (χ4v) is 8.61. The summed E-state index contributed by atoms with van der Waals surface area (Å²) >= 11 is 6.44. The van der Waals surface area contributed by atoms with Gasteiger partial charge >= 0.3 is 0 Å². The maximum absolute atomic E-state index is 13.4. The summed E-state index contributed by atoms with van der Waals surface area (Å²) < 4.78 is 34.0. The number of fused-ring (bicyclic) bond motifs is 2. The molecule has 2 heterocycles. The minimum atomic E-state index is -1.48. The molecule has 0 radical (unpaired) electrons. The van der Waals surface area contributed by atoms with Crippen LogP contribution in [0, 0.1) is 23.7 Å². The van der Waals surface area contributed by atoms with E-state index < -0.39 is 11.0 Å². The van der Waals surface area contributed by atoms with Crippen molar-refractivity contribution in [2.24, 2.45) is 23.7 Å². The quantitative estimate of drug-likeness (QED) is 0.303. The van der Waals surface area contributed by atoms with Gasteiger partial charge in [-0.1, -0.05) is 44.4 Å². The fourth-order valence-electron chi connectivity index (χ4n) is 7.37. The third-order valence-corrected chi connectivity index (χ3v) is 12.1. The average molecular weight is 659 g/mol. The van der Waals surface area contributed by atoms with Crippen molar-refractivity contribution in [3.05, 3.63) is 58.1 Å². The van der Waals surface area contributed by atoms with Crippen LogP contribution in [0.5, 0.6) is 5.75 Å². The Morgan fingerprint density at radius 2 is 1.91 bits per heavy atom. The lowest BCUT2D eigenvalue weighted by Crippen LogP contribution is -2.44. The molecule has 5 rings (SSSR count). The Morgan fingerprint density at radius 3 is 2.67 bits per heavy atom. The zero-order valence-electron chi connectivity index (χ0n) is 27.4. The van der Waals surface area contributed by atoms with E-state index in [2.05, 4.69) is 35.6 Å². The van der Waals surface area contributed by atoms with Gasteiger partial charge in [0, 0.05) is 43.3 Å². The zero-order chi connectivity index (χ0) is 31.9. The predicted molar refractivity (Wildman–Crippen MR) is 183 cm³/mol. The number of ether oxygens (including phenoxy) is 3. The van der Waals surface area contributed by atoms with Crippen LogP contribution in [0.3, 0.4) is 0 Å². The van der Waals surface area contributed by atoms with Crippen molar-refractivity contribution in [1.29, 1.82) is 0 Å². The molecule has 1 amide bonds. The molecule has 9 heteroatoms. The molecular weight excluding hydrogens is 608 g/mol. The summed E-state index contributed by atoms with van der Waals surface area (Å²) in [5.74, 6) is 2.44. The van der Waals surface area contributed by atoms with E-state index in [4.69, 9.17) is 25.8 Å². The van der Waals surface area contributed by atoms with E-state index in [0.29, 0.717) is 43.1 Å². The summed E-state index contributed by atoms with van der Waals surface area (Å²) in [7, 11) is 0.230. The molecule has 248 valence electrons. The standard InChI is InChI=1S/C36H51ClN2O5S/c1-5-7-26-18-31(37)12-14-32(26)30-21-39-20-28-10-13-33(28)29(22-43-17-16-42-4)9-6-8-24(2)25(3)45(41)38-36(40)27-11-15-35(44-23-30)34(39)19-27/h11-12,14-15,18-19,24-25,28-30,33H,5-10,13,16-17,20-23H2,1-4H3,(H,38,40). The SMILES string of the molecule is CCCc1cc(Cl)ccc1C1COc2ccc3cc2N(C1)CC1CCC1C(COCCOC)CCCC(C)C(C)S(=O)NC3=O. The number of carbonyl (C=O) groups is 1. The first-order valence-electron chi connectivity index (χ1n) is 16.9. The summed E-state index contributed by atoms with van der Waals surface area (Å²) in [6.07, 6.45) is 7.51. The Labute approximate surface area is 277 Å².